The number of aromatic nitrogens is 3. The summed E-state index contributed by atoms with van der Waals surface area (Å²) in [6.07, 6.45) is 11.7. The molecule has 2 atom stereocenters. The molecule has 1 fully saturated rings. The smallest absolute Gasteiger partial charge is 0.338 e. The molecule has 3 aromatic heterocycles. The van der Waals surface area contributed by atoms with Crippen molar-refractivity contribution in [3.05, 3.63) is 70.0 Å². The van der Waals surface area contributed by atoms with Crippen molar-refractivity contribution < 1.29 is 14.3 Å². The molecule has 4 aromatic rings. The zero-order valence-corrected chi connectivity index (χ0v) is 21.0. The summed E-state index contributed by atoms with van der Waals surface area (Å²) >= 11 is 1.39. The molecule has 0 saturated heterocycles. The van der Waals surface area contributed by atoms with E-state index in [4.69, 9.17) is 16.1 Å². The Balaban J connectivity index is 1.47. The van der Waals surface area contributed by atoms with Gasteiger partial charge in [-0.15, -0.1) is 17.8 Å². The first kappa shape index (κ1) is 24.0. The van der Waals surface area contributed by atoms with Crippen LogP contribution in [0.2, 0.25) is 0 Å². The first-order chi connectivity index (χ1) is 17.6. The SMILES string of the molecule is C#Cc1ccc(C(=O)C[C@@H]2CCC[C@H](n3c(-c4ccccn4)nc4cc(C(=O)OCC)ccc43)C2)s1. The van der Waals surface area contributed by atoms with Crippen LogP contribution in [0.25, 0.3) is 22.6 Å². The van der Waals surface area contributed by atoms with Crippen LogP contribution in [0.3, 0.4) is 0 Å². The van der Waals surface area contributed by atoms with Crippen molar-refractivity contribution in [1.82, 2.24) is 14.5 Å². The summed E-state index contributed by atoms with van der Waals surface area (Å²) in [4.78, 5) is 36.3. The highest BCUT2D eigenvalue weighted by Gasteiger charge is 2.29. The predicted octanol–water partition coefficient (Wildman–Crippen LogP) is 6.32. The van der Waals surface area contributed by atoms with Crippen molar-refractivity contribution in [2.24, 2.45) is 5.92 Å². The number of hydrogen-bond acceptors (Lipinski definition) is 6. The first-order valence-corrected chi connectivity index (χ1v) is 13.1. The van der Waals surface area contributed by atoms with Crippen LogP contribution in [0.15, 0.2) is 54.7 Å². The summed E-state index contributed by atoms with van der Waals surface area (Å²) in [7, 11) is 0. The van der Waals surface area contributed by atoms with E-state index >= 15 is 0 Å². The van der Waals surface area contributed by atoms with E-state index in [1.165, 1.54) is 11.3 Å². The molecule has 6 nitrogen and oxygen atoms in total. The van der Waals surface area contributed by atoms with Gasteiger partial charge in [0.05, 0.1) is 33.0 Å². The van der Waals surface area contributed by atoms with Gasteiger partial charge in [-0.25, -0.2) is 9.78 Å². The van der Waals surface area contributed by atoms with Gasteiger partial charge in [0.1, 0.15) is 5.69 Å². The van der Waals surface area contributed by atoms with Gasteiger partial charge in [-0.2, -0.15) is 0 Å². The van der Waals surface area contributed by atoms with Crippen molar-refractivity contribution in [2.45, 2.75) is 45.1 Å². The van der Waals surface area contributed by atoms with Gasteiger partial charge in [0.15, 0.2) is 11.6 Å². The number of ether oxygens (including phenoxy) is 1. The number of esters is 1. The topological polar surface area (TPSA) is 74.1 Å². The van der Waals surface area contributed by atoms with Crippen molar-refractivity contribution >= 4 is 34.1 Å². The zero-order chi connectivity index (χ0) is 25.1. The van der Waals surface area contributed by atoms with Crippen LogP contribution in [0.4, 0.5) is 0 Å². The van der Waals surface area contributed by atoms with E-state index in [-0.39, 0.29) is 23.7 Å². The molecule has 0 aliphatic heterocycles. The quantitative estimate of drug-likeness (QED) is 0.170. The molecule has 7 heteroatoms. The minimum absolute atomic E-state index is 0.159. The summed E-state index contributed by atoms with van der Waals surface area (Å²) < 4.78 is 7.44. The molecule has 3 heterocycles. The maximum Gasteiger partial charge on any atom is 0.338 e. The number of thiophene rings is 1. The van der Waals surface area contributed by atoms with Gasteiger partial charge < -0.3 is 9.30 Å². The minimum atomic E-state index is -0.355. The fraction of sp³-hybridized carbons (Fsp3) is 0.310. The van der Waals surface area contributed by atoms with Gasteiger partial charge >= 0.3 is 5.97 Å². The van der Waals surface area contributed by atoms with Gasteiger partial charge in [-0.1, -0.05) is 18.4 Å². The van der Waals surface area contributed by atoms with E-state index in [1.807, 2.05) is 36.4 Å². The maximum absolute atomic E-state index is 13.0. The monoisotopic (exact) mass is 497 g/mol. The Labute approximate surface area is 214 Å². The van der Waals surface area contributed by atoms with Crippen molar-refractivity contribution in [3.63, 3.8) is 0 Å². The molecule has 0 spiro atoms. The largest absolute Gasteiger partial charge is 0.462 e. The Bertz CT molecular complexity index is 1450. The van der Waals surface area contributed by atoms with Crippen LogP contribution in [-0.4, -0.2) is 32.9 Å². The van der Waals surface area contributed by atoms with E-state index in [9.17, 15) is 9.59 Å². The highest BCUT2D eigenvalue weighted by Crippen LogP contribution is 2.39. The van der Waals surface area contributed by atoms with Gasteiger partial charge in [0, 0.05) is 18.7 Å². The average molecular weight is 498 g/mol. The lowest BCUT2D eigenvalue weighted by Gasteiger charge is -2.31. The second-order valence-corrected chi connectivity index (χ2v) is 10.2. The molecule has 1 aromatic carbocycles. The van der Waals surface area contributed by atoms with E-state index in [0.29, 0.717) is 18.6 Å². The highest BCUT2D eigenvalue weighted by atomic mass is 32.1. The normalized spacial score (nSPS) is 17.6. The fourth-order valence-corrected chi connectivity index (χ4v) is 5.86. The molecular formula is C29H27N3O3S. The zero-order valence-electron chi connectivity index (χ0n) is 20.1. The lowest BCUT2D eigenvalue weighted by Crippen LogP contribution is -2.22. The molecule has 5 rings (SSSR count). The molecule has 1 saturated carbocycles. The van der Waals surface area contributed by atoms with Gasteiger partial charge in [0.25, 0.3) is 0 Å². The van der Waals surface area contributed by atoms with Crippen LogP contribution in [0.1, 0.15) is 70.0 Å². The highest BCUT2D eigenvalue weighted by molar-refractivity contribution is 7.14. The summed E-state index contributed by atoms with van der Waals surface area (Å²) in [5, 5.41) is 0. The van der Waals surface area contributed by atoms with Gasteiger partial charge in [-0.05, 0) is 74.6 Å². The second-order valence-electron chi connectivity index (χ2n) is 9.07. The molecule has 36 heavy (non-hydrogen) atoms. The number of nitrogens with zero attached hydrogens (tertiary/aromatic N) is 3. The molecule has 0 radical (unpaired) electrons. The van der Waals surface area contributed by atoms with Crippen molar-refractivity contribution in [1.29, 1.82) is 0 Å². The van der Waals surface area contributed by atoms with Crippen LogP contribution in [0.5, 0.6) is 0 Å². The van der Waals surface area contributed by atoms with Gasteiger partial charge in [0.2, 0.25) is 0 Å². The minimum Gasteiger partial charge on any atom is -0.462 e. The number of carbonyl (C=O) groups is 2. The summed E-state index contributed by atoms with van der Waals surface area (Å²) in [6, 6.07) is 15.2. The fourth-order valence-electron chi connectivity index (χ4n) is 5.10. The third kappa shape index (κ3) is 4.82. The number of benzene rings is 1. The number of rotatable bonds is 7. The molecule has 1 aliphatic rings. The van der Waals surface area contributed by atoms with Gasteiger partial charge in [-0.3, -0.25) is 9.78 Å². The summed E-state index contributed by atoms with van der Waals surface area (Å²) in [5.74, 6) is 3.47. The Morgan fingerprint density at radius 2 is 2.08 bits per heavy atom. The summed E-state index contributed by atoms with van der Waals surface area (Å²) in [6.45, 7) is 2.11. The standard InChI is InChI=1S/C29H27N3O3S/c1-3-22-12-14-27(36-22)26(33)17-19-8-7-9-21(16-19)32-25-13-11-20(29(34)35-4-2)18-24(25)31-28(32)23-10-5-6-15-30-23/h1,5-6,10-15,18-19,21H,4,7-9,16-17H2,2H3/t19-,21+/m1/s1. The maximum atomic E-state index is 13.0. The van der Waals surface area contributed by atoms with Crippen LogP contribution in [0, 0.1) is 18.3 Å². The van der Waals surface area contributed by atoms with E-state index < -0.39 is 0 Å². The number of ketones is 1. The van der Waals surface area contributed by atoms with E-state index in [2.05, 4.69) is 15.5 Å². The number of carbonyl (C=O) groups excluding carboxylic acids is 2. The molecule has 0 N–H and O–H groups in total. The van der Waals surface area contributed by atoms with E-state index in [1.54, 1.807) is 25.3 Å². The molecule has 0 bridgehead atoms. The predicted molar refractivity (Wildman–Crippen MR) is 141 cm³/mol. The third-order valence-corrected chi connectivity index (χ3v) is 7.77. The number of fused-ring (bicyclic) bond motifs is 1. The third-order valence-electron chi connectivity index (χ3n) is 6.71. The molecule has 0 unspecified atom stereocenters. The lowest BCUT2D eigenvalue weighted by molar-refractivity contribution is 0.0526. The number of pyridine rings is 1. The van der Waals surface area contributed by atoms with E-state index in [0.717, 1.165) is 58.0 Å². The number of hydrogen-bond donors (Lipinski definition) is 0. The van der Waals surface area contributed by atoms with Crippen molar-refractivity contribution in [2.75, 3.05) is 6.61 Å². The Morgan fingerprint density at radius 3 is 2.83 bits per heavy atom. The molecule has 1 aliphatic carbocycles. The Hall–Kier alpha value is -3.76. The Morgan fingerprint density at radius 1 is 1.19 bits per heavy atom. The first-order valence-electron chi connectivity index (χ1n) is 12.3. The summed E-state index contributed by atoms with van der Waals surface area (Å²) in [5.41, 5.74) is 2.96. The number of Topliss-reactive ketones (excluding diaryl/α,β-unsaturated/α-hetero) is 1. The second kappa shape index (κ2) is 10.5. The van der Waals surface area contributed by atoms with Crippen molar-refractivity contribution in [3.8, 4) is 23.9 Å². The number of terminal acetylenes is 1. The Kier molecular flexibility index (Phi) is 6.97. The average Bonchev–Trinajstić information content (AvgIpc) is 3.54. The van der Waals surface area contributed by atoms with Crippen LogP contribution >= 0.6 is 11.3 Å². The van der Waals surface area contributed by atoms with Crippen LogP contribution in [-0.2, 0) is 4.74 Å². The molecular weight excluding hydrogens is 470 g/mol. The molecule has 182 valence electrons. The van der Waals surface area contributed by atoms with Crippen LogP contribution < -0.4 is 0 Å². The lowest BCUT2D eigenvalue weighted by atomic mass is 9.82. The molecule has 0 amide bonds. The number of imidazole rings is 1.